The lowest BCUT2D eigenvalue weighted by molar-refractivity contribution is -0.143. The molecule has 19 heavy (non-hydrogen) atoms. The summed E-state index contributed by atoms with van der Waals surface area (Å²) in [6.07, 6.45) is 0. The number of halogens is 2. The molecule has 1 aromatic heterocycles. The zero-order chi connectivity index (χ0) is 14.4. The van der Waals surface area contributed by atoms with Gasteiger partial charge in [-0.1, -0.05) is 23.2 Å². The monoisotopic (exact) mass is 303 g/mol. The average molecular weight is 304 g/mol. The molecule has 0 bridgehead atoms. The van der Waals surface area contributed by atoms with E-state index in [0.717, 1.165) is 0 Å². The van der Waals surface area contributed by atoms with Gasteiger partial charge in [-0.05, 0) is 19.9 Å². The Labute approximate surface area is 119 Å². The van der Waals surface area contributed by atoms with Crippen molar-refractivity contribution in [2.24, 2.45) is 0 Å². The molecular formula is C11H11Cl2N3O3. The molecule has 102 valence electrons. The Morgan fingerprint density at radius 1 is 1.37 bits per heavy atom. The Morgan fingerprint density at radius 2 is 2.00 bits per heavy atom. The second-order valence-corrected chi connectivity index (χ2v) is 5.46. The molecule has 2 rings (SSSR count). The van der Waals surface area contributed by atoms with Gasteiger partial charge in [0.1, 0.15) is 22.9 Å². The quantitative estimate of drug-likeness (QED) is 0.765. The van der Waals surface area contributed by atoms with Crippen LogP contribution in [-0.4, -0.2) is 39.7 Å². The standard InChI is InChI=1S/C11H11Cl2N3O3/c1-11(2)10(19)15-7(17)4-16(11)9(18)6-3-5(12)8(13)14-6/h3,14H,4H2,1-2H3,(H,15,17,19). The molecule has 1 saturated heterocycles. The molecule has 1 fully saturated rings. The van der Waals surface area contributed by atoms with Crippen LogP contribution in [-0.2, 0) is 9.59 Å². The Morgan fingerprint density at radius 3 is 2.53 bits per heavy atom. The van der Waals surface area contributed by atoms with Gasteiger partial charge in [0.2, 0.25) is 5.91 Å². The summed E-state index contributed by atoms with van der Waals surface area (Å²) in [4.78, 5) is 39.2. The van der Waals surface area contributed by atoms with E-state index < -0.39 is 23.3 Å². The van der Waals surface area contributed by atoms with E-state index in [2.05, 4.69) is 10.3 Å². The highest BCUT2D eigenvalue weighted by Crippen LogP contribution is 2.25. The fraction of sp³-hybridized carbons (Fsp3) is 0.364. The van der Waals surface area contributed by atoms with Crippen LogP contribution in [0.4, 0.5) is 0 Å². The lowest BCUT2D eigenvalue weighted by Gasteiger charge is -2.39. The molecule has 0 aromatic carbocycles. The van der Waals surface area contributed by atoms with Crippen molar-refractivity contribution in [1.29, 1.82) is 0 Å². The molecule has 1 aromatic rings. The van der Waals surface area contributed by atoms with Crippen LogP contribution in [0.3, 0.4) is 0 Å². The fourth-order valence-electron chi connectivity index (χ4n) is 1.77. The Balaban J connectivity index is 2.36. The average Bonchev–Trinajstić information content (AvgIpc) is 2.64. The first kappa shape index (κ1) is 13.9. The molecule has 8 heteroatoms. The summed E-state index contributed by atoms with van der Waals surface area (Å²) in [7, 11) is 0. The normalized spacial score (nSPS) is 18.4. The molecule has 0 atom stereocenters. The Bertz CT molecular complexity index is 560. The van der Waals surface area contributed by atoms with E-state index in [9.17, 15) is 14.4 Å². The third-order valence-corrected chi connectivity index (χ3v) is 3.68. The molecule has 2 heterocycles. The minimum absolute atomic E-state index is 0.130. The first-order valence-electron chi connectivity index (χ1n) is 5.43. The van der Waals surface area contributed by atoms with Crippen LogP contribution >= 0.6 is 23.2 Å². The van der Waals surface area contributed by atoms with E-state index >= 15 is 0 Å². The van der Waals surface area contributed by atoms with Gasteiger partial charge in [0.25, 0.3) is 11.8 Å². The lowest BCUT2D eigenvalue weighted by atomic mass is 9.98. The summed E-state index contributed by atoms with van der Waals surface area (Å²) in [5.74, 6) is -1.57. The number of nitrogens with one attached hydrogen (secondary N) is 2. The van der Waals surface area contributed by atoms with E-state index in [4.69, 9.17) is 23.2 Å². The highest BCUT2D eigenvalue weighted by molar-refractivity contribution is 6.41. The number of imide groups is 1. The third kappa shape index (κ3) is 2.33. The summed E-state index contributed by atoms with van der Waals surface area (Å²) >= 11 is 11.5. The van der Waals surface area contributed by atoms with Gasteiger partial charge in [-0.2, -0.15) is 0 Å². The van der Waals surface area contributed by atoms with Crippen LogP contribution in [0.5, 0.6) is 0 Å². The molecular weight excluding hydrogens is 293 g/mol. The molecule has 0 radical (unpaired) electrons. The first-order valence-corrected chi connectivity index (χ1v) is 6.19. The van der Waals surface area contributed by atoms with Crippen LogP contribution in [0.2, 0.25) is 10.2 Å². The van der Waals surface area contributed by atoms with Gasteiger partial charge in [-0.3, -0.25) is 19.7 Å². The van der Waals surface area contributed by atoms with Crippen molar-refractivity contribution in [1.82, 2.24) is 15.2 Å². The second kappa shape index (κ2) is 4.54. The van der Waals surface area contributed by atoms with E-state index in [0.29, 0.717) is 0 Å². The van der Waals surface area contributed by atoms with Crippen molar-refractivity contribution in [2.45, 2.75) is 19.4 Å². The summed E-state index contributed by atoms with van der Waals surface area (Å²) in [6.45, 7) is 2.91. The predicted molar refractivity (Wildman–Crippen MR) is 69.1 cm³/mol. The lowest BCUT2D eigenvalue weighted by Crippen LogP contribution is -2.65. The number of amides is 3. The molecule has 6 nitrogen and oxygen atoms in total. The van der Waals surface area contributed by atoms with Crippen molar-refractivity contribution in [3.05, 3.63) is 21.9 Å². The zero-order valence-electron chi connectivity index (χ0n) is 10.2. The summed E-state index contributed by atoms with van der Waals surface area (Å²) in [5.41, 5.74) is -1.000. The molecule has 1 aliphatic heterocycles. The molecule has 0 aliphatic carbocycles. The van der Waals surface area contributed by atoms with Crippen molar-refractivity contribution in [3.63, 3.8) is 0 Å². The molecule has 1 aliphatic rings. The molecule has 0 saturated carbocycles. The zero-order valence-corrected chi connectivity index (χ0v) is 11.7. The van der Waals surface area contributed by atoms with E-state index in [1.54, 1.807) is 13.8 Å². The Hall–Kier alpha value is -1.53. The van der Waals surface area contributed by atoms with Crippen LogP contribution in [0, 0.1) is 0 Å². The van der Waals surface area contributed by atoms with Gasteiger partial charge in [0.05, 0.1) is 5.02 Å². The fourth-order valence-corrected chi connectivity index (χ4v) is 2.09. The summed E-state index contributed by atoms with van der Waals surface area (Å²) < 4.78 is 0. The van der Waals surface area contributed by atoms with Gasteiger partial charge in [-0.25, -0.2) is 0 Å². The van der Waals surface area contributed by atoms with Gasteiger partial charge in [-0.15, -0.1) is 0 Å². The summed E-state index contributed by atoms with van der Waals surface area (Å²) in [5, 5.41) is 2.53. The largest absolute Gasteiger partial charge is 0.340 e. The number of piperazine rings is 1. The Kier molecular flexibility index (Phi) is 3.32. The van der Waals surface area contributed by atoms with Crippen molar-refractivity contribution in [3.8, 4) is 0 Å². The number of H-pyrrole nitrogens is 1. The van der Waals surface area contributed by atoms with E-state index in [-0.39, 0.29) is 22.4 Å². The van der Waals surface area contributed by atoms with Crippen LogP contribution in [0.1, 0.15) is 24.3 Å². The van der Waals surface area contributed by atoms with Crippen molar-refractivity contribution in [2.75, 3.05) is 6.54 Å². The minimum atomic E-state index is -1.13. The highest BCUT2D eigenvalue weighted by Gasteiger charge is 2.44. The van der Waals surface area contributed by atoms with Gasteiger partial charge in [0.15, 0.2) is 0 Å². The number of carbonyl (C=O) groups is 3. The number of hydrogen-bond acceptors (Lipinski definition) is 3. The second-order valence-electron chi connectivity index (χ2n) is 4.67. The number of rotatable bonds is 1. The molecule has 0 spiro atoms. The predicted octanol–water partition coefficient (Wildman–Crippen LogP) is 1.20. The third-order valence-electron chi connectivity index (χ3n) is 2.99. The highest BCUT2D eigenvalue weighted by atomic mass is 35.5. The molecule has 0 unspecified atom stereocenters. The maximum atomic E-state index is 12.3. The minimum Gasteiger partial charge on any atom is -0.340 e. The van der Waals surface area contributed by atoms with Crippen LogP contribution < -0.4 is 5.32 Å². The SMILES string of the molecule is CC1(C)C(=O)NC(=O)CN1C(=O)c1cc(Cl)c(Cl)[nH]1. The van der Waals surface area contributed by atoms with Crippen molar-refractivity contribution < 1.29 is 14.4 Å². The molecule has 3 amide bonds. The van der Waals surface area contributed by atoms with E-state index in [1.807, 2.05) is 0 Å². The summed E-state index contributed by atoms with van der Waals surface area (Å²) in [6, 6.07) is 1.36. The number of aromatic amines is 1. The topological polar surface area (TPSA) is 82.3 Å². The maximum absolute atomic E-state index is 12.3. The smallest absolute Gasteiger partial charge is 0.271 e. The van der Waals surface area contributed by atoms with Gasteiger partial charge in [0, 0.05) is 0 Å². The number of aromatic nitrogens is 1. The van der Waals surface area contributed by atoms with Crippen molar-refractivity contribution >= 4 is 40.9 Å². The first-order chi connectivity index (χ1) is 8.73. The maximum Gasteiger partial charge on any atom is 0.271 e. The van der Waals surface area contributed by atoms with Crippen LogP contribution in [0.25, 0.3) is 0 Å². The van der Waals surface area contributed by atoms with Gasteiger partial charge >= 0.3 is 0 Å². The molecule has 2 N–H and O–H groups in total. The van der Waals surface area contributed by atoms with Crippen LogP contribution in [0.15, 0.2) is 6.07 Å². The number of nitrogens with zero attached hydrogens (tertiary/aromatic N) is 1. The van der Waals surface area contributed by atoms with E-state index in [1.165, 1.54) is 11.0 Å². The number of carbonyl (C=O) groups excluding carboxylic acids is 3. The number of hydrogen-bond donors (Lipinski definition) is 2. The van der Waals surface area contributed by atoms with Gasteiger partial charge < -0.3 is 9.88 Å².